The fraction of sp³-hybridized carbons (Fsp3) is 0.500. The molecule has 1 aliphatic rings. The molecule has 0 spiro atoms. The predicted molar refractivity (Wildman–Crippen MR) is 85.3 cm³/mol. The topological polar surface area (TPSA) is 16.9 Å². The second kappa shape index (κ2) is 5.66. The number of aromatic nitrogens is 1. The molecule has 1 unspecified atom stereocenters. The first kappa shape index (κ1) is 15.2. The quantitative estimate of drug-likeness (QED) is 0.841. The Hall–Kier alpha value is -1.19. The molecule has 2 heterocycles. The van der Waals surface area contributed by atoms with Gasteiger partial charge >= 0.3 is 0 Å². The summed E-state index contributed by atoms with van der Waals surface area (Å²) in [5, 5.41) is 0. The molecule has 1 atom stereocenters. The van der Waals surface area contributed by atoms with Gasteiger partial charge in [-0.25, -0.2) is 0 Å². The minimum Gasteiger partial charge on any atom is -0.495 e. The van der Waals surface area contributed by atoms with Gasteiger partial charge < -0.3 is 14.0 Å². The van der Waals surface area contributed by atoms with Gasteiger partial charge in [0.25, 0.3) is 0 Å². The number of fused-ring (bicyclic) bond motifs is 3. The van der Waals surface area contributed by atoms with Gasteiger partial charge in [-0.15, -0.1) is 12.4 Å². The molecule has 3 rings (SSSR count). The number of hydrogen-bond acceptors (Lipinski definition) is 2. The van der Waals surface area contributed by atoms with Crippen LogP contribution in [0.3, 0.4) is 0 Å². The lowest BCUT2D eigenvalue weighted by Crippen LogP contribution is -2.24. The van der Waals surface area contributed by atoms with Crippen LogP contribution in [-0.2, 0) is 6.42 Å². The molecule has 0 bridgehead atoms. The summed E-state index contributed by atoms with van der Waals surface area (Å²) in [6.07, 6.45) is 5.81. The van der Waals surface area contributed by atoms with E-state index in [1.54, 1.807) is 7.11 Å². The van der Waals surface area contributed by atoms with Crippen molar-refractivity contribution in [3.8, 4) is 5.75 Å². The van der Waals surface area contributed by atoms with Crippen LogP contribution in [0.5, 0.6) is 5.75 Å². The number of aryl methyl sites for hydroxylation is 2. The molecular weight excluding hydrogens is 272 g/mol. The van der Waals surface area contributed by atoms with Gasteiger partial charge in [-0.2, -0.15) is 0 Å². The maximum Gasteiger partial charge on any atom is 0.135 e. The van der Waals surface area contributed by atoms with Crippen molar-refractivity contribution >= 4 is 17.9 Å². The van der Waals surface area contributed by atoms with E-state index >= 15 is 0 Å². The fourth-order valence-corrected chi connectivity index (χ4v) is 3.44. The van der Waals surface area contributed by atoms with E-state index in [9.17, 15) is 0 Å². The lowest BCUT2D eigenvalue weighted by Gasteiger charge is -2.29. The summed E-state index contributed by atoms with van der Waals surface area (Å²) in [6.45, 7) is 2.25. The first-order valence-electron chi connectivity index (χ1n) is 6.97. The van der Waals surface area contributed by atoms with Gasteiger partial charge in [0, 0.05) is 17.3 Å². The van der Waals surface area contributed by atoms with Gasteiger partial charge in [0.15, 0.2) is 0 Å². The summed E-state index contributed by atoms with van der Waals surface area (Å²) in [7, 11) is 6.09. The Balaban J connectivity index is 0.00000147. The molecule has 2 aromatic rings. The molecular formula is C16H23ClN2O. The Kier molecular flexibility index (Phi) is 4.31. The molecule has 1 aliphatic carbocycles. The molecule has 0 amide bonds. The summed E-state index contributed by atoms with van der Waals surface area (Å²) in [5.74, 6) is 0.928. The zero-order chi connectivity index (χ0) is 13.6. The van der Waals surface area contributed by atoms with Crippen molar-refractivity contribution in [2.75, 3.05) is 21.2 Å². The number of nitrogens with zero attached hydrogens (tertiary/aromatic N) is 2. The third-order valence-electron chi connectivity index (χ3n) is 4.39. The van der Waals surface area contributed by atoms with E-state index in [0.29, 0.717) is 6.04 Å². The lowest BCUT2D eigenvalue weighted by atomic mass is 9.89. The van der Waals surface area contributed by atoms with Crippen LogP contribution in [0, 0.1) is 6.92 Å². The summed E-state index contributed by atoms with van der Waals surface area (Å²) >= 11 is 0. The fourth-order valence-electron chi connectivity index (χ4n) is 3.44. The summed E-state index contributed by atoms with van der Waals surface area (Å²) in [5.41, 5.74) is 5.75. The van der Waals surface area contributed by atoms with Crippen molar-refractivity contribution in [2.45, 2.75) is 32.2 Å². The Morgan fingerprint density at radius 3 is 2.70 bits per heavy atom. The first-order valence-corrected chi connectivity index (χ1v) is 6.97. The highest BCUT2D eigenvalue weighted by molar-refractivity contribution is 5.85. The number of methoxy groups -OCH3 is 1. The van der Waals surface area contributed by atoms with E-state index in [0.717, 1.165) is 5.75 Å². The maximum atomic E-state index is 5.37. The Morgan fingerprint density at radius 2 is 2.05 bits per heavy atom. The highest BCUT2D eigenvalue weighted by Crippen LogP contribution is 2.38. The largest absolute Gasteiger partial charge is 0.495 e. The normalized spacial score (nSPS) is 17.9. The van der Waals surface area contributed by atoms with Crippen molar-refractivity contribution in [3.63, 3.8) is 0 Å². The van der Waals surface area contributed by atoms with Gasteiger partial charge in [-0.1, -0.05) is 0 Å². The van der Waals surface area contributed by atoms with Crippen LogP contribution in [0.15, 0.2) is 18.3 Å². The molecule has 0 saturated heterocycles. The van der Waals surface area contributed by atoms with Crippen LogP contribution in [0.25, 0.3) is 5.52 Å². The molecule has 110 valence electrons. The van der Waals surface area contributed by atoms with Crippen LogP contribution in [0.2, 0.25) is 0 Å². The number of ether oxygens (including phenoxy) is 1. The van der Waals surface area contributed by atoms with Crippen LogP contribution < -0.4 is 4.74 Å². The zero-order valence-electron chi connectivity index (χ0n) is 12.6. The van der Waals surface area contributed by atoms with E-state index < -0.39 is 0 Å². The zero-order valence-corrected chi connectivity index (χ0v) is 13.5. The van der Waals surface area contributed by atoms with Crippen molar-refractivity contribution in [1.29, 1.82) is 0 Å². The standard InChI is InChI=1S/C16H22N2O.ClH/c1-11-13-9-8-12(19-4)10-18(13)15-7-5-6-14(16(11)15)17(2)3;/h8-10,14H,5-7H2,1-4H3;1H. The Morgan fingerprint density at radius 1 is 1.30 bits per heavy atom. The lowest BCUT2D eigenvalue weighted by molar-refractivity contribution is 0.267. The van der Waals surface area contributed by atoms with E-state index in [2.05, 4.69) is 48.6 Å². The molecule has 0 aromatic carbocycles. The van der Waals surface area contributed by atoms with Crippen molar-refractivity contribution in [2.24, 2.45) is 0 Å². The highest BCUT2D eigenvalue weighted by Gasteiger charge is 2.27. The van der Waals surface area contributed by atoms with E-state index in [4.69, 9.17) is 4.74 Å². The highest BCUT2D eigenvalue weighted by atomic mass is 35.5. The van der Waals surface area contributed by atoms with Crippen LogP contribution in [0.4, 0.5) is 0 Å². The van der Waals surface area contributed by atoms with Crippen molar-refractivity contribution in [1.82, 2.24) is 9.30 Å². The molecule has 0 N–H and O–H groups in total. The predicted octanol–water partition coefficient (Wildman–Crippen LogP) is 3.62. The summed E-state index contributed by atoms with van der Waals surface area (Å²) < 4.78 is 7.70. The molecule has 3 nitrogen and oxygen atoms in total. The number of rotatable bonds is 2. The van der Waals surface area contributed by atoms with E-state index in [-0.39, 0.29) is 12.4 Å². The van der Waals surface area contributed by atoms with Gasteiger partial charge in [-0.05, 0) is 63.5 Å². The number of halogens is 1. The van der Waals surface area contributed by atoms with Crippen LogP contribution in [0.1, 0.15) is 35.7 Å². The molecule has 0 aliphatic heterocycles. The molecule has 0 saturated carbocycles. The van der Waals surface area contributed by atoms with Crippen LogP contribution in [-0.4, -0.2) is 30.5 Å². The third kappa shape index (κ3) is 2.19. The summed E-state index contributed by atoms with van der Waals surface area (Å²) in [6, 6.07) is 4.78. The van der Waals surface area contributed by atoms with Crippen LogP contribution >= 0.6 is 12.4 Å². The van der Waals surface area contributed by atoms with Gasteiger partial charge in [0.2, 0.25) is 0 Å². The monoisotopic (exact) mass is 294 g/mol. The molecule has 20 heavy (non-hydrogen) atoms. The molecule has 0 fully saturated rings. The average Bonchev–Trinajstić information content (AvgIpc) is 2.72. The molecule has 0 radical (unpaired) electrons. The maximum absolute atomic E-state index is 5.37. The minimum absolute atomic E-state index is 0. The minimum atomic E-state index is 0. The number of hydrogen-bond donors (Lipinski definition) is 0. The second-order valence-corrected chi connectivity index (χ2v) is 5.68. The van der Waals surface area contributed by atoms with Crippen molar-refractivity contribution in [3.05, 3.63) is 35.2 Å². The smallest absolute Gasteiger partial charge is 0.135 e. The Labute approximate surface area is 126 Å². The molecule has 2 aromatic heterocycles. The second-order valence-electron chi connectivity index (χ2n) is 5.68. The number of pyridine rings is 1. The van der Waals surface area contributed by atoms with Gasteiger partial charge in [-0.3, -0.25) is 0 Å². The SMILES string of the molecule is COc1ccc2c(C)c3c(n2c1)CCCC3N(C)C.Cl. The summed E-state index contributed by atoms with van der Waals surface area (Å²) in [4.78, 5) is 2.35. The molecule has 4 heteroatoms. The average molecular weight is 295 g/mol. The Bertz CT molecular complexity index is 618. The van der Waals surface area contributed by atoms with E-state index in [1.165, 1.54) is 41.6 Å². The first-order chi connectivity index (χ1) is 9.13. The van der Waals surface area contributed by atoms with Gasteiger partial charge in [0.1, 0.15) is 5.75 Å². The van der Waals surface area contributed by atoms with Gasteiger partial charge in [0.05, 0.1) is 13.3 Å². The third-order valence-corrected chi connectivity index (χ3v) is 4.39. The van der Waals surface area contributed by atoms with Crippen molar-refractivity contribution < 1.29 is 4.74 Å². The van der Waals surface area contributed by atoms with E-state index in [1.807, 2.05) is 0 Å².